The minimum absolute atomic E-state index is 0.0503. The fourth-order valence-electron chi connectivity index (χ4n) is 6.01. The molecule has 1 saturated carbocycles. The molecule has 0 unspecified atom stereocenters. The van der Waals surface area contributed by atoms with Crippen LogP contribution >= 0.6 is 11.6 Å². The third-order valence-corrected chi connectivity index (χ3v) is 8.46. The van der Waals surface area contributed by atoms with Gasteiger partial charge in [-0.25, -0.2) is 9.18 Å². The van der Waals surface area contributed by atoms with E-state index in [9.17, 15) is 14.7 Å². The molecular weight excluding hydrogens is 495 g/mol. The number of nitrogens with one attached hydrogen (secondary N) is 2. The van der Waals surface area contributed by atoms with Crippen molar-refractivity contribution in [2.45, 2.75) is 95.7 Å². The minimum Gasteiger partial charge on any atom is -0.385 e. The molecule has 3 amide bonds. The molecule has 5 N–H and O–H groups in total. The Labute approximate surface area is 225 Å². The second-order valence-corrected chi connectivity index (χ2v) is 11.5. The summed E-state index contributed by atoms with van der Waals surface area (Å²) in [5, 5.41) is 17.8. The average molecular weight is 539 g/mol. The van der Waals surface area contributed by atoms with Gasteiger partial charge in [-0.3, -0.25) is 4.79 Å². The number of urea groups is 1. The minimum atomic E-state index is -1.53. The molecule has 1 aromatic carbocycles. The molecule has 208 valence electrons. The third-order valence-electron chi connectivity index (χ3n) is 8.17. The van der Waals surface area contributed by atoms with Crippen LogP contribution in [0.3, 0.4) is 0 Å². The van der Waals surface area contributed by atoms with Gasteiger partial charge in [0.25, 0.3) is 0 Å². The normalized spacial score (nSPS) is 22.1. The summed E-state index contributed by atoms with van der Waals surface area (Å²) in [7, 11) is 0. The Morgan fingerprint density at radius 1 is 1.24 bits per heavy atom. The summed E-state index contributed by atoms with van der Waals surface area (Å²) in [6.45, 7) is 4.60. The van der Waals surface area contributed by atoms with E-state index in [0.29, 0.717) is 44.8 Å². The highest BCUT2D eigenvalue weighted by molar-refractivity contribution is 6.30. The Kier molecular flexibility index (Phi) is 11.0. The fourth-order valence-corrected chi connectivity index (χ4v) is 6.18. The van der Waals surface area contributed by atoms with Crippen LogP contribution in [-0.4, -0.2) is 53.7 Å². The van der Waals surface area contributed by atoms with Gasteiger partial charge in [-0.15, -0.1) is 0 Å². The van der Waals surface area contributed by atoms with Crippen LogP contribution < -0.4 is 16.4 Å². The fraction of sp³-hybridized carbons (Fsp3) is 0.714. The highest BCUT2D eigenvalue weighted by atomic mass is 35.5. The van der Waals surface area contributed by atoms with Crippen molar-refractivity contribution in [3.05, 3.63) is 34.6 Å². The van der Waals surface area contributed by atoms with Crippen LogP contribution in [-0.2, 0) is 10.4 Å². The van der Waals surface area contributed by atoms with Crippen LogP contribution in [0.1, 0.15) is 83.6 Å². The second kappa shape index (κ2) is 13.8. The smallest absolute Gasteiger partial charge is 0.317 e. The lowest BCUT2D eigenvalue weighted by Crippen LogP contribution is -2.55. The summed E-state index contributed by atoms with van der Waals surface area (Å²) in [4.78, 5) is 26.4. The number of likely N-dealkylation sites (tertiary alicyclic amines) is 1. The number of halogens is 2. The van der Waals surface area contributed by atoms with Gasteiger partial charge < -0.3 is 26.4 Å². The van der Waals surface area contributed by atoms with E-state index in [0.717, 1.165) is 6.42 Å². The summed E-state index contributed by atoms with van der Waals surface area (Å²) in [5.41, 5.74) is 4.87. The number of nitrogens with zero attached hydrogens (tertiary/aromatic N) is 1. The van der Waals surface area contributed by atoms with E-state index in [1.807, 2.05) is 6.92 Å². The number of hydrogen-bond donors (Lipinski definition) is 4. The number of carbonyl (C=O) groups excluding carboxylic acids is 2. The number of amides is 3. The molecule has 1 saturated heterocycles. The van der Waals surface area contributed by atoms with Crippen molar-refractivity contribution in [1.29, 1.82) is 0 Å². The number of aliphatic hydroxyl groups is 1. The topological polar surface area (TPSA) is 108 Å². The molecule has 9 heteroatoms. The van der Waals surface area contributed by atoms with Crippen molar-refractivity contribution in [3.8, 4) is 0 Å². The number of rotatable bonds is 10. The lowest BCUT2D eigenvalue weighted by Gasteiger charge is -2.43. The summed E-state index contributed by atoms with van der Waals surface area (Å²) in [5.74, 6) is -0.602. The first-order chi connectivity index (χ1) is 17.6. The van der Waals surface area contributed by atoms with Gasteiger partial charge in [0, 0.05) is 50.1 Å². The second-order valence-electron chi connectivity index (χ2n) is 11.1. The van der Waals surface area contributed by atoms with Crippen molar-refractivity contribution in [3.63, 3.8) is 0 Å². The Morgan fingerprint density at radius 2 is 1.97 bits per heavy atom. The van der Waals surface area contributed by atoms with Gasteiger partial charge in [-0.2, -0.15) is 0 Å². The molecule has 2 fully saturated rings. The molecule has 7 nitrogen and oxygen atoms in total. The van der Waals surface area contributed by atoms with E-state index >= 15 is 4.39 Å². The Hall–Kier alpha value is -1.90. The monoisotopic (exact) mass is 538 g/mol. The first kappa shape index (κ1) is 29.7. The zero-order valence-corrected chi connectivity index (χ0v) is 23.0. The summed E-state index contributed by atoms with van der Waals surface area (Å²) < 4.78 is 15.2. The molecular formula is C28H44ClFN4O3. The van der Waals surface area contributed by atoms with E-state index in [2.05, 4.69) is 10.6 Å². The number of piperidine rings is 1. The molecule has 3 rings (SSSR count). The van der Waals surface area contributed by atoms with Crippen molar-refractivity contribution in [2.24, 2.45) is 17.6 Å². The summed E-state index contributed by atoms with van der Waals surface area (Å²) in [6, 6.07) is 4.19. The van der Waals surface area contributed by atoms with Gasteiger partial charge in [0.2, 0.25) is 5.91 Å². The van der Waals surface area contributed by atoms with Gasteiger partial charge in [0.15, 0.2) is 0 Å². The van der Waals surface area contributed by atoms with Crippen LogP contribution in [0, 0.1) is 17.7 Å². The van der Waals surface area contributed by atoms with E-state index in [1.165, 1.54) is 45.1 Å². The molecule has 2 aliphatic rings. The molecule has 1 aliphatic carbocycles. The van der Waals surface area contributed by atoms with Gasteiger partial charge in [0.05, 0.1) is 10.6 Å². The quantitative estimate of drug-likeness (QED) is 0.324. The standard InChI is InChI=1S/C28H44ClFN4O3/c1-19(31)25(17-21-9-4-3-5-10-21)33-27(36)34-16-7-11-22(18-34)28(37,14-8-15-32-20(2)35)23-12-6-13-24(29)26(23)30/h6,12-13,19,21-22,25,37H,3-5,7-11,14-18,31H2,1-2H3,(H,32,35)(H,33,36)/t19-,22-,25+,28-/m1/s1. The molecule has 1 heterocycles. The lowest BCUT2D eigenvalue weighted by molar-refractivity contribution is -0.119. The van der Waals surface area contributed by atoms with Crippen LogP contribution in [0.25, 0.3) is 0 Å². The predicted octanol–water partition coefficient (Wildman–Crippen LogP) is 4.69. The van der Waals surface area contributed by atoms with Crippen LogP contribution in [0.2, 0.25) is 5.02 Å². The maximum absolute atomic E-state index is 15.2. The molecule has 1 aromatic rings. The van der Waals surface area contributed by atoms with Crippen molar-refractivity contribution >= 4 is 23.5 Å². The molecule has 37 heavy (non-hydrogen) atoms. The average Bonchev–Trinajstić information content (AvgIpc) is 2.88. The van der Waals surface area contributed by atoms with E-state index in [4.69, 9.17) is 17.3 Å². The highest BCUT2D eigenvalue weighted by Crippen LogP contribution is 2.41. The van der Waals surface area contributed by atoms with Gasteiger partial charge in [0.1, 0.15) is 5.82 Å². The molecule has 4 atom stereocenters. The van der Waals surface area contributed by atoms with Gasteiger partial charge in [-0.05, 0) is 51.0 Å². The first-order valence-corrected chi connectivity index (χ1v) is 14.2. The van der Waals surface area contributed by atoms with Crippen LogP contribution in [0.4, 0.5) is 9.18 Å². The number of nitrogens with two attached hydrogens (primary N) is 1. The zero-order valence-electron chi connectivity index (χ0n) is 22.3. The summed E-state index contributed by atoms with van der Waals surface area (Å²) >= 11 is 6.08. The van der Waals surface area contributed by atoms with Gasteiger partial charge >= 0.3 is 6.03 Å². The van der Waals surface area contributed by atoms with Crippen LogP contribution in [0.15, 0.2) is 18.2 Å². The van der Waals surface area contributed by atoms with Crippen LogP contribution in [0.5, 0.6) is 0 Å². The Morgan fingerprint density at radius 3 is 2.65 bits per heavy atom. The largest absolute Gasteiger partial charge is 0.385 e. The number of carbonyl (C=O) groups is 2. The van der Waals surface area contributed by atoms with E-state index < -0.39 is 11.4 Å². The molecule has 0 radical (unpaired) electrons. The van der Waals surface area contributed by atoms with Crippen molar-refractivity contribution in [1.82, 2.24) is 15.5 Å². The Bertz CT molecular complexity index is 911. The number of hydrogen-bond acceptors (Lipinski definition) is 4. The van der Waals surface area contributed by atoms with Crippen molar-refractivity contribution < 1.29 is 19.1 Å². The van der Waals surface area contributed by atoms with E-state index in [-0.39, 0.29) is 46.9 Å². The molecule has 0 bridgehead atoms. The summed E-state index contributed by atoms with van der Waals surface area (Å²) in [6.07, 6.45) is 9.02. The first-order valence-electron chi connectivity index (χ1n) is 13.8. The maximum Gasteiger partial charge on any atom is 0.317 e. The van der Waals surface area contributed by atoms with Gasteiger partial charge in [-0.1, -0.05) is 55.8 Å². The molecule has 1 aliphatic heterocycles. The third kappa shape index (κ3) is 8.04. The zero-order chi connectivity index (χ0) is 27.0. The number of benzene rings is 1. The SMILES string of the molecule is CC(=O)NCCC[C@](O)(c1cccc(Cl)c1F)[C@@H]1CCCN(C(=O)N[C@@H](CC2CCCCC2)[C@@H](C)N)C1. The van der Waals surface area contributed by atoms with E-state index in [1.54, 1.807) is 17.0 Å². The molecule has 0 spiro atoms. The maximum atomic E-state index is 15.2. The predicted molar refractivity (Wildman–Crippen MR) is 145 cm³/mol. The van der Waals surface area contributed by atoms with Crippen molar-refractivity contribution in [2.75, 3.05) is 19.6 Å². The highest BCUT2D eigenvalue weighted by Gasteiger charge is 2.43. The lowest BCUT2D eigenvalue weighted by atomic mass is 9.74. The Balaban J connectivity index is 1.74. The molecule has 0 aromatic heterocycles.